The van der Waals surface area contributed by atoms with Gasteiger partial charge in [0.2, 0.25) is 24.5 Å². The van der Waals surface area contributed by atoms with Crippen molar-refractivity contribution in [1.82, 2.24) is 15.1 Å². The molecule has 1 aromatic heterocycles. The fourth-order valence-corrected chi connectivity index (χ4v) is 3.51. The molecule has 1 saturated carbocycles. The van der Waals surface area contributed by atoms with Crippen LogP contribution in [0.3, 0.4) is 0 Å². The maximum absolute atomic E-state index is 12.3. The minimum Gasteiger partial charge on any atom is -0.454 e. The number of ether oxygens (including phenoxy) is 2. The second kappa shape index (κ2) is 5.75. The maximum Gasteiger partial charge on any atom is 0.247 e. The van der Waals surface area contributed by atoms with Gasteiger partial charge in [0.15, 0.2) is 11.5 Å². The van der Waals surface area contributed by atoms with Gasteiger partial charge in [-0.25, -0.2) is 0 Å². The Balaban J connectivity index is 1.34. The zero-order valence-electron chi connectivity index (χ0n) is 13.8. The lowest BCUT2D eigenvalue weighted by Gasteiger charge is -2.31. The number of rotatable bonds is 3. The van der Waals surface area contributed by atoms with Crippen molar-refractivity contribution < 1.29 is 18.7 Å². The Bertz CT molecular complexity index is 814. The largest absolute Gasteiger partial charge is 0.454 e. The smallest absolute Gasteiger partial charge is 0.247 e. The summed E-state index contributed by atoms with van der Waals surface area (Å²) in [7, 11) is 0. The average molecular weight is 341 g/mol. The summed E-state index contributed by atoms with van der Waals surface area (Å²) in [5.41, 5.74) is 0.810. The molecule has 1 atom stereocenters. The van der Waals surface area contributed by atoms with Crippen LogP contribution in [0.25, 0.3) is 11.5 Å². The van der Waals surface area contributed by atoms with Crippen LogP contribution in [-0.2, 0) is 4.79 Å². The third-order valence-electron chi connectivity index (χ3n) is 5.07. The molecule has 130 valence electrons. The third kappa shape index (κ3) is 2.73. The Hall–Kier alpha value is -2.57. The van der Waals surface area contributed by atoms with E-state index in [0.717, 1.165) is 43.5 Å². The van der Waals surface area contributed by atoms with E-state index in [-0.39, 0.29) is 18.6 Å². The molecule has 3 aliphatic rings. The van der Waals surface area contributed by atoms with E-state index >= 15 is 0 Å². The highest BCUT2D eigenvalue weighted by molar-refractivity contribution is 5.81. The summed E-state index contributed by atoms with van der Waals surface area (Å²) in [4.78, 5) is 14.3. The molecule has 7 nitrogen and oxygen atoms in total. The number of carbonyl (C=O) groups is 1. The second-order valence-electron chi connectivity index (χ2n) is 6.91. The van der Waals surface area contributed by atoms with E-state index in [4.69, 9.17) is 13.9 Å². The van der Waals surface area contributed by atoms with Crippen LogP contribution in [0, 0.1) is 5.92 Å². The molecule has 5 rings (SSSR count). The van der Waals surface area contributed by atoms with Gasteiger partial charge in [-0.3, -0.25) is 4.79 Å². The first-order valence-corrected chi connectivity index (χ1v) is 8.80. The van der Waals surface area contributed by atoms with Crippen LogP contribution in [0.4, 0.5) is 0 Å². The molecular weight excluding hydrogens is 322 g/mol. The summed E-state index contributed by atoms with van der Waals surface area (Å²) >= 11 is 0. The highest BCUT2D eigenvalue weighted by Crippen LogP contribution is 2.37. The molecule has 1 amide bonds. The number of carbonyl (C=O) groups excluding carboxylic acids is 1. The van der Waals surface area contributed by atoms with Crippen molar-refractivity contribution in [2.45, 2.75) is 31.6 Å². The summed E-state index contributed by atoms with van der Waals surface area (Å²) in [6, 6.07) is 5.58. The number of benzene rings is 1. The lowest BCUT2D eigenvalue weighted by molar-refractivity contribution is -0.133. The van der Waals surface area contributed by atoms with Gasteiger partial charge in [0.1, 0.15) is 0 Å². The van der Waals surface area contributed by atoms with Crippen molar-refractivity contribution in [3.63, 3.8) is 0 Å². The van der Waals surface area contributed by atoms with E-state index in [1.807, 2.05) is 23.1 Å². The van der Waals surface area contributed by atoms with Crippen molar-refractivity contribution in [2.75, 3.05) is 19.9 Å². The van der Waals surface area contributed by atoms with Crippen LogP contribution in [0.1, 0.15) is 37.5 Å². The monoisotopic (exact) mass is 341 g/mol. The van der Waals surface area contributed by atoms with Gasteiger partial charge in [0.05, 0.1) is 5.92 Å². The number of fused-ring (bicyclic) bond motifs is 1. The topological polar surface area (TPSA) is 77.7 Å². The molecular formula is C18H19N3O4. The summed E-state index contributed by atoms with van der Waals surface area (Å²) in [6.07, 6.45) is 4.02. The van der Waals surface area contributed by atoms with Gasteiger partial charge in [-0.2, -0.15) is 0 Å². The van der Waals surface area contributed by atoms with Crippen LogP contribution in [-0.4, -0.2) is 40.9 Å². The van der Waals surface area contributed by atoms with Crippen LogP contribution in [0.5, 0.6) is 11.5 Å². The lowest BCUT2D eigenvalue weighted by atomic mass is 9.97. The summed E-state index contributed by atoms with van der Waals surface area (Å²) in [6.45, 7) is 1.76. The Morgan fingerprint density at radius 2 is 2.00 bits per heavy atom. The van der Waals surface area contributed by atoms with E-state index in [1.165, 1.54) is 0 Å². The maximum atomic E-state index is 12.3. The zero-order valence-corrected chi connectivity index (χ0v) is 13.8. The van der Waals surface area contributed by atoms with Crippen LogP contribution in [0.15, 0.2) is 22.6 Å². The minimum absolute atomic E-state index is 0.117. The molecule has 2 aromatic rings. The fourth-order valence-electron chi connectivity index (χ4n) is 3.51. The van der Waals surface area contributed by atoms with Gasteiger partial charge in [-0.1, -0.05) is 0 Å². The first-order valence-electron chi connectivity index (χ1n) is 8.80. The highest BCUT2D eigenvalue weighted by atomic mass is 16.7. The van der Waals surface area contributed by atoms with Crippen molar-refractivity contribution in [3.8, 4) is 23.0 Å². The molecule has 25 heavy (non-hydrogen) atoms. The number of amides is 1. The van der Waals surface area contributed by atoms with Crippen molar-refractivity contribution in [1.29, 1.82) is 0 Å². The number of nitrogens with zero attached hydrogens (tertiary/aromatic N) is 3. The Morgan fingerprint density at radius 3 is 2.88 bits per heavy atom. The van der Waals surface area contributed by atoms with Gasteiger partial charge in [-0.15, -0.1) is 10.2 Å². The van der Waals surface area contributed by atoms with E-state index in [2.05, 4.69) is 10.2 Å². The summed E-state index contributed by atoms with van der Waals surface area (Å²) < 4.78 is 16.6. The summed E-state index contributed by atoms with van der Waals surface area (Å²) in [5.74, 6) is 3.17. The van der Waals surface area contributed by atoms with Gasteiger partial charge in [0, 0.05) is 24.6 Å². The van der Waals surface area contributed by atoms with E-state index in [0.29, 0.717) is 30.0 Å². The van der Waals surface area contributed by atoms with Crippen molar-refractivity contribution >= 4 is 5.91 Å². The minimum atomic E-state index is 0.117. The molecule has 0 N–H and O–H groups in total. The molecule has 0 radical (unpaired) electrons. The molecule has 1 saturated heterocycles. The normalized spacial score (nSPS) is 22.2. The van der Waals surface area contributed by atoms with Crippen LogP contribution in [0.2, 0.25) is 0 Å². The Kier molecular flexibility index (Phi) is 3.39. The SMILES string of the molecule is O=C(C1CC1)N1CCC[C@@H](c2nnc(-c3ccc4c(c3)OCO4)o2)C1. The van der Waals surface area contributed by atoms with Crippen molar-refractivity contribution in [2.24, 2.45) is 5.92 Å². The number of hydrogen-bond acceptors (Lipinski definition) is 6. The number of aromatic nitrogens is 2. The standard InChI is InChI=1S/C18H19N3O4/c22-18(11-3-4-11)21-7-1-2-13(9-21)17-20-19-16(25-17)12-5-6-14-15(8-12)24-10-23-14/h5-6,8,11,13H,1-4,7,9-10H2/t13-/m1/s1. The Labute approximate surface area is 144 Å². The zero-order chi connectivity index (χ0) is 16.8. The van der Waals surface area contributed by atoms with E-state index < -0.39 is 0 Å². The first kappa shape index (κ1) is 14.7. The van der Waals surface area contributed by atoms with Gasteiger partial charge < -0.3 is 18.8 Å². The molecule has 3 heterocycles. The Morgan fingerprint density at radius 1 is 1.12 bits per heavy atom. The van der Waals surface area contributed by atoms with E-state index in [9.17, 15) is 4.79 Å². The lowest BCUT2D eigenvalue weighted by Crippen LogP contribution is -2.40. The van der Waals surface area contributed by atoms with Gasteiger partial charge in [0.25, 0.3) is 0 Å². The number of hydrogen-bond donors (Lipinski definition) is 0. The first-order chi connectivity index (χ1) is 12.3. The highest BCUT2D eigenvalue weighted by Gasteiger charge is 2.36. The fraction of sp³-hybridized carbons (Fsp3) is 0.500. The molecule has 2 aliphatic heterocycles. The third-order valence-corrected chi connectivity index (χ3v) is 5.07. The van der Waals surface area contributed by atoms with Crippen molar-refractivity contribution in [3.05, 3.63) is 24.1 Å². The molecule has 0 spiro atoms. The number of likely N-dealkylation sites (tertiary alicyclic amines) is 1. The molecule has 1 aliphatic carbocycles. The molecule has 7 heteroatoms. The predicted molar refractivity (Wildman–Crippen MR) is 87.1 cm³/mol. The van der Waals surface area contributed by atoms with Gasteiger partial charge in [-0.05, 0) is 43.9 Å². The number of piperidine rings is 1. The molecule has 2 fully saturated rings. The molecule has 0 unspecified atom stereocenters. The quantitative estimate of drug-likeness (QED) is 0.854. The van der Waals surface area contributed by atoms with Crippen LogP contribution >= 0.6 is 0 Å². The van der Waals surface area contributed by atoms with Gasteiger partial charge >= 0.3 is 0 Å². The molecule has 0 bridgehead atoms. The van der Waals surface area contributed by atoms with Crippen LogP contribution < -0.4 is 9.47 Å². The summed E-state index contributed by atoms with van der Waals surface area (Å²) in [5, 5.41) is 8.43. The predicted octanol–water partition coefficient (Wildman–Crippen LogP) is 2.58. The average Bonchev–Trinajstić information content (AvgIpc) is 3.19. The second-order valence-corrected chi connectivity index (χ2v) is 6.91. The van der Waals surface area contributed by atoms with E-state index in [1.54, 1.807) is 0 Å². The molecule has 1 aromatic carbocycles.